The summed E-state index contributed by atoms with van der Waals surface area (Å²) in [5, 5.41) is 3.04. The fourth-order valence-electron chi connectivity index (χ4n) is 3.17. The molecule has 1 fully saturated rings. The van der Waals surface area contributed by atoms with Crippen molar-refractivity contribution in [3.8, 4) is 0 Å². The van der Waals surface area contributed by atoms with Crippen LogP contribution in [0.15, 0.2) is 24.3 Å². The first kappa shape index (κ1) is 17.0. The van der Waals surface area contributed by atoms with E-state index in [2.05, 4.69) is 41.1 Å². The lowest BCUT2D eigenvalue weighted by atomic mass is 10.2. The van der Waals surface area contributed by atoms with Crippen LogP contribution in [0.1, 0.15) is 57.7 Å². The number of benzene rings is 1. The minimum absolute atomic E-state index is 0.261. The van der Waals surface area contributed by atoms with Crippen LogP contribution in [0.3, 0.4) is 0 Å². The van der Waals surface area contributed by atoms with Gasteiger partial charge in [-0.2, -0.15) is 0 Å². The van der Waals surface area contributed by atoms with Crippen LogP contribution in [-0.2, 0) is 17.8 Å². The van der Waals surface area contributed by atoms with Gasteiger partial charge in [0.1, 0.15) is 5.82 Å². The van der Waals surface area contributed by atoms with E-state index in [1.807, 2.05) is 0 Å². The fraction of sp³-hybridized carbons (Fsp3) is 0.600. The van der Waals surface area contributed by atoms with Crippen molar-refractivity contribution in [2.24, 2.45) is 5.92 Å². The molecule has 1 aliphatic rings. The van der Waals surface area contributed by atoms with Crippen molar-refractivity contribution in [3.63, 3.8) is 0 Å². The number of carbonyl (C=O) groups is 1. The van der Waals surface area contributed by atoms with Crippen LogP contribution in [0.5, 0.6) is 0 Å². The molecule has 1 aliphatic carbocycles. The van der Waals surface area contributed by atoms with Gasteiger partial charge in [-0.3, -0.25) is 4.79 Å². The summed E-state index contributed by atoms with van der Waals surface area (Å²) in [6, 6.07) is 8.44. The molecule has 1 heterocycles. The number of nitrogens with zero attached hydrogens (tertiary/aromatic N) is 2. The summed E-state index contributed by atoms with van der Waals surface area (Å²) in [7, 11) is 0. The Morgan fingerprint density at radius 2 is 2.04 bits per heavy atom. The van der Waals surface area contributed by atoms with Gasteiger partial charge in [0.2, 0.25) is 5.91 Å². The predicted molar refractivity (Wildman–Crippen MR) is 97.9 cm³/mol. The number of rotatable bonds is 10. The normalized spacial score (nSPS) is 14.2. The van der Waals surface area contributed by atoms with Crippen molar-refractivity contribution in [2.45, 2.75) is 64.8 Å². The Morgan fingerprint density at radius 3 is 2.83 bits per heavy atom. The van der Waals surface area contributed by atoms with Crippen molar-refractivity contribution >= 4 is 16.9 Å². The molecule has 0 spiro atoms. The number of hydrogen-bond donors (Lipinski definition) is 1. The van der Waals surface area contributed by atoms with Crippen molar-refractivity contribution in [1.29, 1.82) is 0 Å². The summed E-state index contributed by atoms with van der Waals surface area (Å²) in [6.07, 6.45) is 8.92. The van der Waals surface area contributed by atoms with Gasteiger partial charge in [-0.1, -0.05) is 31.9 Å². The third-order valence-corrected chi connectivity index (χ3v) is 4.79. The van der Waals surface area contributed by atoms with Crippen LogP contribution in [0.4, 0.5) is 0 Å². The Bertz CT molecular complexity index is 673. The Kier molecular flexibility index (Phi) is 5.89. The molecule has 1 saturated carbocycles. The van der Waals surface area contributed by atoms with Gasteiger partial charge in [0.05, 0.1) is 11.0 Å². The van der Waals surface area contributed by atoms with Gasteiger partial charge < -0.3 is 9.88 Å². The number of hydrogen-bond acceptors (Lipinski definition) is 2. The van der Waals surface area contributed by atoms with Gasteiger partial charge >= 0.3 is 0 Å². The largest absolute Gasteiger partial charge is 0.356 e. The predicted octanol–water partition coefficient (Wildman–Crippen LogP) is 4.08. The number of carbonyl (C=O) groups excluding carboxylic acids is 1. The molecular weight excluding hydrogens is 298 g/mol. The lowest BCUT2D eigenvalue weighted by molar-refractivity contribution is -0.122. The summed E-state index contributed by atoms with van der Waals surface area (Å²) in [5.74, 6) is 1.80. The number of para-hydroxylation sites is 2. The number of fused-ring (bicyclic) bond motifs is 1. The van der Waals surface area contributed by atoms with E-state index >= 15 is 0 Å². The average molecular weight is 327 g/mol. The molecule has 24 heavy (non-hydrogen) atoms. The number of nitrogens with one attached hydrogen (secondary N) is 1. The van der Waals surface area contributed by atoms with Gasteiger partial charge in [-0.15, -0.1) is 0 Å². The Balaban J connectivity index is 1.47. The van der Waals surface area contributed by atoms with E-state index in [1.54, 1.807) is 0 Å². The molecule has 1 aromatic carbocycles. The van der Waals surface area contributed by atoms with Gasteiger partial charge in [-0.05, 0) is 44.2 Å². The zero-order chi connectivity index (χ0) is 16.8. The third-order valence-electron chi connectivity index (χ3n) is 4.79. The smallest absolute Gasteiger partial charge is 0.223 e. The molecule has 0 aliphatic heterocycles. The maximum Gasteiger partial charge on any atom is 0.223 e. The van der Waals surface area contributed by atoms with Gasteiger partial charge in [0, 0.05) is 25.4 Å². The van der Waals surface area contributed by atoms with Crippen molar-refractivity contribution in [2.75, 3.05) is 6.54 Å². The zero-order valence-corrected chi connectivity index (χ0v) is 14.8. The molecule has 1 amide bonds. The van der Waals surface area contributed by atoms with Crippen LogP contribution < -0.4 is 5.32 Å². The number of amides is 1. The van der Waals surface area contributed by atoms with Crippen molar-refractivity contribution in [3.05, 3.63) is 30.1 Å². The van der Waals surface area contributed by atoms with Crippen molar-refractivity contribution in [1.82, 2.24) is 14.9 Å². The van der Waals surface area contributed by atoms with E-state index in [0.29, 0.717) is 5.92 Å². The lowest BCUT2D eigenvalue weighted by Gasteiger charge is -2.09. The minimum atomic E-state index is 0.261. The fourth-order valence-corrected chi connectivity index (χ4v) is 3.17. The summed E-state index contributed by atoms with van der Waals surface area (Å²) >= 11 is 0. The molecule has 3 rings (SSSR count). The topological polar surface area (TPSA) is 46.9 Å². The van der Waals surface area contributed by atoms with Crippen molar-refractivity contribution < 1.29 is 4.79 Å². The third kappa shape index (κ3) is 4.37. The number of aromatic nitrogens is 2. The number of imidazole rings is 1. The number of aryl methyl sites for hydroxylation is 2. The first-order valence-electron chi connectivity index (χ1n) is 9.51. The molecule has 1 aromatic heterocycles. The van der Waals surface area contributed by atoms with Crippen LogP contribution in [-0.4, -0.2) is 22.0 Å². The average Bonchev–Trinajstić information content (AvgIpc) is 3.39. The molecule has 4 heteroatoms. The van der Waals surface area contributed by atoms with E-state index in [-0.39, 0.29) is 5.91 Å². The van der Waals surface area contributed by atoms with Gasteiger partial charge in [0.15, 0.2) is 0 Å². The highest BCUT2D eigenvalue weighted by molar-refractivity contribution is 5.80. The SMILES string of the molecule is CCCCn1c(CCCCCNC(=O)C2CC2)nc2ccccc21. The lowest BCUT2D eigenvalue weighted by Crippen LogP contribution is -2.25. The molecular formula is C20H29N3O. The minimum Gasteiger partial charge on any atom is -0.356 e. The highest BCUT2D eigenvalue weighted by atomic mass is 16.2. The van der Waals surface area contributed by atoms with Crippen LogP contribution in [0.2, 0.25) is 0 Å². The maximum absolute atomic E-state index is 11.6. The Labute approximate surface area is 144 Å². The maximum atomic E-state index is 11.6. The van der Waals surface area contributed by atoms with Crippen LogP contribution >= 0.6 is 0 Å². The molecule has 130 valence electrons. The molecule has 0 bridgehead atoms. The summed E-state index contributed by atoms with van der Waals surface area (Å²) in [5.41, 5.74) is 2.37. The molecule has 0 saturated heterocycles. The molecule has 0 radical (unpaired) electrons. The van der Waals surface area contributed by atoms with E-state index in [4.69, 9.17) is 4.98 Å². The van der Waals surface area contributed by atoms with E-state index in [9.17, 15) is 4.79 Å². The highest BCUT2D eigenvalue weighted by Gasteiger charge is 2.28. The summed E-state index contributed by atoms with van der Waals surface area (Å²) in [6.45, 7) is 4.11. The molecule has 4 nitrogen and oxygen atoms in total. The van der Waals surface area contributed by atoms with E-state index < -0.39 is 0 Å². The standard InChI is InChI=1S/C20H29N3O/c1-2-3-15-23-18-10-7-6-9-17(18)22-19(23)11-5-4-8-14-21-20(24)16-12-13-16/h6-7,9-10,16H,2-5,8,11-15H2,1H3,(H,21,24). The summed E-state index contributed by atoms with van der Waals surface area (Å²) in [4.78, 5) is 16.4. The second-order valence-corrected chi connectivity index (χ2v) is 6.90. The molecule has 0 atom stereocenters. The molecule has 0 unspecified atom stereocenters. The first-order valence-corrected chi connectivity index (χ1v) is 9.51. The quantitative estimate of drug-likeness (QED) is 0.669. The van der Waals surface area contributed by atoms with Crippen LogP contribution in [0, 0.1) is 5.92 Å². The first-order chi connectivity index (χ1) is 11.8. The van der Waals surface area contributed by atoms with Crippen LogP contribution in [0.25, 0.3) is 11.0 Å². The monoisotopic (exact) mass is 327 g/mol. The Hall–Kier alpha value is -1.84. The molecule has 1 N–H and O–H groups in total. The van der Waals surface area contributed by atoms with Gasteiger partial charge in [-0.25, -0.2) is 4.98 Å². The molecule has 2 aromatic rings. The summed E-state index contributed by atoms with van der Waals surface area (Å²) < 4.78 is 2.40. The number of unbranched alkanes of at least 4 members (excludes halogenated alkanes) is 3. The zero-order valence-electron chi connectivity index (χ0n) is 14.8. The Morgan fingerprint density at radius 1 is 1.21 bits per heavy atom. The van der Waals surface area contributed by atoms with Gasteiger partial charge in [0.25, 0.3) is 0 Å². The van der Waals surface area contributed by atoms with E-state index in [0.717, 1.165) is 57.1 Å². The van der Waals surface area contributed by atoms with E-state index in [1.165, 1.54) is 24.2 Å². The highest BCUT2D eigenvalue weighted by Crippen LogP contribution is 2.28. The second kappa shape index (κ2) is 8.32. The second-order valence-electron chi connectivity index (χ2n) is 6.90.